The summed E-state index contributed by atoms with van der Waals surface area (Å²) in [6.45, 7) is 2.50. The van der Waals surface area contributed by atoms with Crippen LogP contribution in [0.25, 0.3) is 0 Å². The number of thioether (sulfide) groups is 1. The summed E-state index contributed by atoms with van der Waals surface area (Å²) in [7, 11) is -10.7. The van der Waals surface area contributed by atoms with Gasteiger partial charge in [-0.2, -0.15) is 4.31 Å². The summed E-state index contributed by atoms with van der Waals surface area (Å²) in [5.74, 6) is -0.464. The fourth-order valence-electron chi connectivity index (χ4n) is 4.18. The largest absolute Gasteiger partial charge is 0.481 e. The van der Waals surface area contributed by atoms with Gasteiger partial charge in [-0.1, -0.05) is 25.6 Å². The van der Waals surface area contributed by atoms with Gasteiger partial charge in [0.15, 0.2) is 11.3 Å². The van der Waals surface area contributed by atoms with Crippen LogP contribution in [0.15, 0.2) is 11.3 Å². The molecule has 0 spiro atoms. The molecular weight excluding hydrogens is 692 g/mol. The number of aliphatic hydroxyl groups is 3. The molecule has 0 aromatic carbocycles. The van der Waals surface area contributed by atoms with E-state index in [9.17, 15) is 48.6 Å². The number of hydrogen-bond donors (Lipinski definition) is 9. The number of phosphoric ester groups is 2. The number of aliphatic imine (C=N–C) groups is 1. The number of nitrogens with two attached hydrogens (primary N) is 1. The molecule has 1 aromatic heterocycles. The highest BCUT2D eigenvalue weighted by atomic mass is 32.2. The molecule has 0 saturated carbocycles. The number of amidine groups is 1. The average molecular weight is 732 g/mol. The van der Waals surface area contributed by atoms with E-state index in [1.54, 1.807) is 0 Å². The number of nitrogens with zero attached hydrogens (tertiary/aromatic N) is 3. The quantitative estimate of drug-likeness (QED) is 0.0626. The lowest BCUT2D eigenvalue weighted by atomic mass is 9.87. The number of amides is 2. The van der Waals surface area contributed by atoms with Crippen molar-refractivity contribution in [3.8, 4) is 0 Å². The van der Waals surface area contributed by atoms with Crippen LogP contribution in [-0.2, 0) is 41.6 Å². The molecule has 7 atom stereocenters. The zero-order valence-corrected chi connectivity index (χ0v) is 28.2. The monoisotopic (exact) mass is 731 g/mol. The fourth-order valence-corrected chi connectivity index (χ4v) is 6.93. The molecule has 0 bridgehead atoms. The van der Waals surface area contributed by atoms with Crippen LogP contribution in [0.1, 0.15) is 39.1 Å². The maximum absolute atomic E-state index is 12.4. The molecule has 3 rings (SSSR count). The lowest BCUT2D eigenvalue weighted by Gasteiger charge is -2.30. The van der Waals surface area contributed by atoms with Crippen molar-refractivity contribution >= 4 is 56.0 Å². The third-order valence-electron chi connectivity index (χ3n) is 6.72. The van der Waals surface area contributed by atoms with Crippen LogP contribution >= 0.6 is 27.4 Å². The first-order valence-electron chi connectivity index (χ1n) is 14.0. The van der Waals surface area contributed by atoms with Crippen LogP contribution in [0.5, 0.6) is 0 Å². The molecule has 266 valence electrons. The van der Waals surface area contributed by atoms with Gasteiger partial charge >= 0.3 is 15.6 Å². The van der Waals surface area contributed by atoms with E-state index in [1.807, 2.05) is 0 Å². The molecule has 1 aromatic rings. The zero-order valence-electron chi connectivity index (χ0n) is 25.5. The predicted octanol–water partition coefficient (Wildman–Crippen LogP) is -1.87. The molecule has 0 aliphatic carbocycles. The Kier molecular flexibility index (Phi) is 13.5. The molecule has 2 amide bonds. The number of carbonyl (C=O) groups excluding carboxylic acids is 3. The smallest absolute Gasteiger partial charge is 0.387 e. The molecule has 10 N–H and O–H groups in total. The van der Waals surface area contributed by atoms with Gasteiger partial charge in [-0.05, 0) is 0 Å². The minimum absolute atomic E-state index is 0.0910. The molecule has 1 saturated heterocycles. The Labute approximate surface area is 272 Å². The molecule has 2 aliphatic heterocycles. The van der Waals surface area contributed by atoms with Crippen LogP contribution in [0.3, 0.4) is 0 Å². The molecular formula is C23H39N7O14P2S. The average Bonchev–Trinajstić information content (AvgIpc) is 3.53. The van der Waals surface area contributed by atoms with E-state index in [4.69, 9.17) is 19.5 Å². The Hall–Kier alpha value is -2.46. The maximum atomic E-state index is 12.4. The van der Waals surface area contributed by atoms with Crippen molar-refractivity contribution in [1.29, 1.82) is 0 Å². The van der Waals surface area contributed by atoms with Gasteiger partial charge in [0.25, 0.3) is 0 Å². The number of anilines is 1. The summed E-state index contributed by atoms with van der Waals surface area (Å²) >= 11 is 1.04. The lowest BCUT2D eigenvalue weighted by Crippen LogP contribution is -2.46. The van der Waals surface area contributed by atoms with Crippen LogP contribution in [0.4, 0.5) is 5.82 Å². The molecule has 0 radical (unpaired) electrons. The number of aliphatic hydroxyl groups excluding tert-OH is 3. The number of carbonyl (C=O) groups is 3. The number of nitrogens with one attached hydrogen (secondary N) is 3. The Bertz CT molecular complexity index is 1430. The van der Waals surface area contributed by atoms with E-state index in [1.165, 1.54) is 31.7 Å². The molecule has 2 aliphatic rings. The number of phosphoric acid groups is 2. The highest BCUT2D eigenvalue weighted by molar-refractivity contribution is 8.13. The number of fused-ring (bicyclic) bond motifs is 1. The number of ether oxygens (including phenoxy) is 1. The summed E-state index contributed by atoms with van der Waals surface area (Å²) in [6, 6.07) is 0. The van der Waals surface area contributed by atoms with Crippen molar-refractivity contribution < 1.29 is 66.7 Å². The number of imidazole rings is 1. The molecule has 24 heteroatoms. The molecule has 47 heavy (non-hydrogen) atoms. The van der Waals surface area contributed by atoms with Crippen LogP contribution in [-0.4, -0.2) is 121 Å². The molecule has 1 fully saturated rings. The lowest BCUT2D eigenvalue weighted by molar-refractivity contribution is -0.137. The van der Waals surface area contributed by atoms with E-state index in [-0.39, 0.29) is 42.8 Å². The van der Waals surface area contributed by atoms with E-state index in [0.717, 1.165) is 11.8 Å². The predicted molar refractivity (Wildman–Crippen MR) is 164 cm³/mol. The van der Waals surface area contributed by atoms with Gasteiger partial charge in [-0.25, -0.2) is 19.1 Å². The van der Waals surface area contributed by atoms with Gasteiger partial charge in [-0.3, -0.25) is 28.0 Å². The van der Waals surface area contributed by atoms with Crippen molar-refractivity contribution in [2.24, 2.45) is 16.1 Å². The summed E-state index contributed by atoms with van der Waals surface area (Å²) in [6.07, 6.45) is -6.49. The number of hydrogen-bond acceptors (Lipinski definition) is 17. The van der Waals surface area contributed by atoms with E-state index in [0.29, 0.717) is 11.6 Å². The zero-order chi connectivity index (χ0) is 35.2. The fraction of sp³-hybridized carbons (Fsp3) is 0.696. The minimum atomic E-state index is -5.36. The minimum Gasteiger partial charge on any atom is -0.387 e. The Morgan fingerprint density at radius 2 is 1.87 bits per heavy atom. The Morgan fingerprint density at radius 3 is 2.55 bits per heavy atom. The van der Waals surface area contributed by atoms with Crippen molar-refractivity contribution in [3.63, 3.8) is 0 Å². The molecule has 3 heterocycles. The second-order valence-electron chi connectivity index (χ2n) is 11.0. The van der Waals surface area contributed by atoms with Crippen LogP contribution < -0.4 is 21.7 Å². The van der Waals surface area contributed by atoms with Gasteiger partial charge in [0.1, 0.15) is 48.4 Å². The van der Waals surface area contributed by atoms with Gasteiger partial charge < -0.3 is 51.5 Å². The van der Waals surface area contributed by atoms with E-state index >= 15 is 0 Å². The first-order valence-corrected chi connectivity index (χ1v) is 18.0. The van der Waals surface area contributed by atoms with E-state index < -0.39 is 76.7 Å². The topological polar surface area (TPSA) is 316 Å². The highest BCUT2D eigenvalue weighted by Gasteiger charge is 2.47. The molecule has 21 nitrogen and oxygen atoms in total. The number of rotatable bonds is 17. The molecule has 7 unspecified atom stereocenters. The normalized spacial score (nSPS) is 24.2. The van der Waals surface area contributed by atoms with Crippen LogP contribution in [0, 0.1) is 5.41 Å². The van der Waals surface area contributed by atoms with E-state index in [2.05, 4.69) is 30.2 Å². The van der Waals surface area contributed by atoms with Crippen molar-refractivity contribution in [2.45, 2.75) is 57.8 Å². The van der Waals surface area contributed by atoms with Gasteiger partial charge in [-0.15, -0.1) is 0 Å². The van der Waals surface area contributed by atoms with Crippen molar-refractivity contribution in [3.05, 3.63) is 12.0 Å². The Morgan fingerprint density at radius 1 is 1.19 bits per heavy atom. The standard InChI is InChI=1S/C23H39N7O14P2S/c1-12(31)47-7-6-25-14(32)4-5-26-21(36)18(35)23(2,3)9-42-46(39,40)44-45(37,38)41-8-13-16(33)17(34)22(43-13)30-11-29-15-19(24)27-10-28-20(15)30/h11,13,16-18,22,28,33-35H,4-10H2,1-3H3,(H2,24,27)(H,25,32)(H,26,36)(H,37,38)(H,39,40). The third-order valence-corrected chi connectivity index (χ3v) is 10.1. The summed E-state index contributed by atoms with van der Waals surface area (Å²) < 4.78 is 45.6. The summed E-state index contributed by atoms with van der Waals surface area (Å²) in [4.78, 5) is 63.2. The maximum Gasteiger partial charge on any atom is 0.481 e. The Balaban J connectivity index is 1.45. The third kappa shape index (κ3) is 11.0. The second kappa shape index (κ2) is 16.3. The summed E-state index contributed by atoms with van der Waals surface area (Å²) in [5.41, 5.74) is 4.54. The second-order valence-corrected chi connectivity index (χ2v) is 15.3. The SMILES string of the molecule is CC(=O)SCCNC(=O)CCNC(=O)C(O)C(C)(C)COP(=O)(O)OP(=O)(O)OCC1OC(n2cnc3c2NCN=C3N)C(O)C1O. The number of aromatic nitrogens is 2. The van der Waals surface area contributed by atoms with Crippen LogP contribution in [0.2, 0.25) is 0 Å². The highest BCUT2D eigenvalue weighted by Crippen LogP contribution is 2.61. The first-order chi connectivity index (χ1) is 21.8. The van der Waals surface area contributed by atoms with Gasteiger partial charge in [0.05, 0.1) is 19.5 Å². The van der Waals surface area contributed by atoms with Gasteiger partial charge in [0, 0.05) is 37.6 Å². The summed E-state index contributed by atoms with van der Waals surface area (Å²) in [5, 5.41) is 39.1. The van der Waals surface area contributed by atoms with Gasteiger partial charge in [0.2, 0.25) is 11.8 Å². The first kappa shape index (κ1) is 39.0. The van der Waals surface area contributed by atoms with Crippen molar-refractivity contribution in [1.82, 2.24) is 20.2 Å². The van der Waals surface area contributed by atoms with Crippen molar-refractivity contribution in [2.75, 3.05) is 44.0 Å².